The number of carbonyl (C=O) groups excluding carboxylic acids is 3. The number of aliphatic carboxylic acids is 1. The first-order valence-corrected chi connectivity index (χ1v) is 12.9. The summed E-state index contributed by atoms with van der Waals surface area (Å²) in [7, 11) is 0. The van der Waals surface area contributed by atoms with Gasteiger partial charge >= 0.3 is 12.1 Å². The lowest BCUT2D eigenvalue weighted by atomic mass is 10.1. The number of hydrogen-bond donors (Lipinski definition) is 2. The predicted molar refractivity (Wildman–Crippen MR) is 141 cm³/mol. The normalized spacial score (nSPS) is 17.2. The molecule has 196 valence electrons. The third-order valence-corrected chi connectivity index (χ3v) is 7.90. The number of carboxylic acid groups (broad SMARTS) is 1. The van der Waals surface area contributed by atoms with E-state index in [9.17, 15) is 24.3 Å². The standard InChI is InChI=1S/C27H26N4O6S/c1-16-23(28-26(36)37-17(2)18-6-4-3-5-7-18)24(38-29-16)19-8-10-20(11-9-19)30-14-22(33)31(15-21(30)32)27(12-13-27)25(34)35/h3-11,17H,12-15H2,1-2H3,(H,28,36)(H,34,35). The van der Waals surface area contributed by atoms with Crippen LogP contribution in [0, 0.1) is 6.92 Å². The maximum atomic E-state index is 12.8. The van der Waals surface area contributed by atoms with Gasteiger partial charge in [-0.2, -0.15) is 4.37 Å². The highest BCUT2D eigenvalue weighted by Gasteiger charge is 2.58. The molecule has 2 heterocycles. The van der Waals surface area contributed by atoms with Crippen molar-refractivity contribution < 1.29 is 29.0 Å². The fourth-order valence-corrected chi connectivity index (χ4v) is 5.40. The minimum Gasteiger partial charge on any atom is -0.479 e. The van der Waals surface area contributed by atoms with Crippen molar-refractivity contribution in [2.45, 2.75) is 38.3 Å². The van der Waals surface area contributed by atoms with Crippen LogP contribution in [0.5, 0.6) is 0 Å². The number of amides is 3. The highest BCUT2D eigenvalue weighted by Crippen LogP contribution is 2.43. The Hall–Kier alpha value is -4.25. The number of rotatable bonds is 7. The third-order valence-electron chi connectivity index (χ3n) is 6.91. The van der Waals surface area contributed by atoms with Crippen molar-refractivity contribution in [1.29, 1.82) is 0 Å². The smallest absolute Gasteiger partial charge is 0.412 e. The highest BCUT2D eigenvalue weighted by molar-refractivity contribution is 7.10. The molecule has 2 N–H and O–H groups in total. The molecular weight excluding hydrogens is 508 g/mol. The minimum absolute atomic E-state index is 0.217. The predicted octanol–water partition coefficient (Wildman–Crippen LogP) is 4.22. The van der Waals surface area contributed by atoms with Crippen molar-refractivity contribution in [2.24, 2.45) is 0 Å². The first-order valence-electron chi connectivity index (χ1n) is 12.1. The molecule has 2 fully saturated rings. The van der Waals surface area contributed by atoms with E-state index >= 15 is 0 Å². The fourth-order valence-electron chi connectivity index (χ4n) is 4.55. The Morgan fingerprint density at radius 2 is 1.74 bits per heavy atom. The molecule has 38 heavy (non-hydrogen) atoms. The molecule has 1 atom stereocenters. The summed E-state index contributed by atoms with van der Waals surface area (Å²) < 4.78 is 9.92. The summed E-state index contributed by atoms with van der Waals surface area (Å²) in [6.07, 6.45) is -0.310. The lowest BCUT2D eigenvalue weighted by molar-refractivity contribution is -0.154. The third kappa shape index (κ3) is 4.72. The molecular formula is C27H26N4O6S. The van der Waals surface area contributed by atoms with E-state index < -0.39 is 23.7 Å². The maximum absolute atomic E-state index is 12.8. The summed E-state index contributed by atoms with van der Waals surface area (Å²) in [6, 6.07) is 16.4. The largest absolute Gasteiger partial charge is 0.479 e. The van der Waals surface area contributed by atoms with Crippen LogP contribution in [0.25, 0.3) is 10.4 Å². The monoisotopic (exact) mass is 534 g/mol. The zero-order valence-corrected chi connectivity index (χ0v) is 21.7. The second-order valence-corrected chi connectivity index (χ2v) is 10.2. The lowest BCUT2D eigenvalue weighted by Crippen LogP contribution is -2.60. The highest BCUT2D eigenvalue weighted by atomic mass is 32.1. The van der Waals surface area contributed by atoms with Gasteiger partial charge in [-0.25, -0.2) is 9.59 Å². The van der Waals surface area contributed by atoms with Gasteiger partial charge in [0.2, 0.25) is 11.8 Å². The molecule has 0 spiro atoms. The van der Waals surface area contributed by atoms with Gasteiger partial charge < -0.3 is 19.6 Å². The van der Waals surface area contributed by atoms with Crippen LogP contribution in [0.4, 0.5) is 16.2 Å². The molecule has 1 aromatic heterocycles. The van der Waals surface area contributed by atoms with Gasteiger partial charge in [-0.3, -0.25) is 14.9 Å². The van der Waals surface area contributed by atoms with Gasteiger partial charge in [0, 0.05) is 5.69 Å². The molecule has 1 saturated carbocycles. The fraction of sp³-hybridized carbons (Fsp3) is 0.296. The van der Waals surface area contributed by atoms with E-state index in [4.69, 9.17) is 4.74 Å². The number of hydrogen-bond acceptors (Lipinski definition) is 7. The van der Waals surface area contributed by atoms with E-state index in [2.05, 4.69) is 9.69 Å². The Bertz CT molecular complexity index is 1400. The first-order chi connectivity index (χ1) is 18.2. The zero-order valence-electron chi connectivity index (χ0n) is 20.8. The molecule has 1 unspecified atom stereocenters. The van der Waals surface area contributed by atoms with Crippen molar-refractivity contribution in [3.8, 4) is 10.4 Å². The van der Waals surface area contributed by atoms with Gasteiger partial charge in [-0.15, -0.1) is 0 Å². The summed E-state index contributed by atoms with van der Waals surface area (Å²) in [5, 5.41) is 12.3. The Morgan fingerprint density at radius 3 is 2.37 bits per heavy atom. The van der Waals surface area contributed by atoms with Gasteiger partial charge in [-0.1, -0.05) is 42.5 Å². The molecule has 5 rings (SSSR count). The van der Waals surface area contributed by atoms with Crippen LogP contribution in [0.3, 0.4) is 0 Å². The van der Waals surface area contributed by atoms with Gasteiger partial charge in [0.1, 0.15) is 24.7 Å². The lowest BCUT2D eigenvalue weighted by Gasteiger charge is -2.37. The zero-order chi connectivity index (χ0) is 27.0. The summed E-state index contributed by atoms with van der Waals surface area (Å²) >= 11 is 1.22. The molecule has 1 aliphatic heterocycles. The summed E-state index contributed by atoms with van der Waals surface area (Å²) in [6.45, 7) is 3.10. The van der Waals surface area contributed by atoms with Crippen LogP contribution in [-0.4, -0.2) is 56.9 Å². The molecule has 1 aliphatic carbocycles. The average Bonchev–Trinajstić information content (AvgIpc) is 3.65. The van der Waals surface area contributed by atoms with Crippen LogP contribution in [-0.2, 0) is 19.1 Å². The van der Waals surface area contributed by atoms with Crippen molar-refractivity contribution >= 4 is 46.8 Å². The van der Waals surface area contributed by atoms with Crippen LogP contribution >= 0.6 is 11.5 Å². The van der Waals surface area contributed by atoms with Crippen molar-refractivity contribution in [3.05, 3.63) is 65.9 Å². The van der Waals surface area contributed by atoms with Crippen molar-refractivity contribution in [3.63, 3.8) is 0 Å². The minimum atomic E-state index is -1.24. The molecule has 0 bridgehead atoms. The number of anilines is 2. The van der Waals surface area contributed by atoms with E-state index in [1.165, 1.54) is 21.3 Å². The maximum Gasteiger partial charge on any atom is 0.412 e. The molecule has 11 heteroatoms. The van der Waals surface area contributed by atoms with Gasteiger partial charge in [0.15, 0.2) is 0 Å². The molecule has 10 nitrogen and oxygen atoms in total. The molecule has 2 aromatic carbocycles. The number of carboxylic acids is 1. The summed E-state index contributed by atoms with van der Waals surface area (Å²) in [5.41, 5.74) is 2.11. The van der Waals surface area contributed by atoms with E-state index in [0.29, 0.717) is 29.9 Å². The molecule has 3 aromatic rings. The number of piperazine rings is 1. The topological polar surface area (TPSA) is 129 Å². The van der Waals surface area contributed by atoms with Crippen LogP contribution < -0.4 is 10.2 Å². The van der Waals surface area contributed by atoms with Crippen molar-refractivity contribution in [1.82, 2.24) is 9.27 Å². The number of nitrogens with one attached hydrogen (secondary N) is 1. The number of ether oxygens (including phenoxy) is 1. The van der Waals surface area contributed by atoms with Crippen LogP contribution in [0.2, 0.25) is 0 Å². The number of carbonyl (C=O) groups is 4. The van der Waals surface area contributed by atoms with E-state index in [0.717, 1.165) is 16.0 Å². The molecule has 0 radical (unpaired) electrons. The van der Waals surface area contributed by atoms with Gasteiger partial charge in [0.05, 0.1) is 16.3 Å². The first kappa shape index (κ1) is 25.4. The van der Waals surface area contributed by atoms with Crippen molar-refractivity contribution in [2.75, 3.05) is 23.3 Å². The number of aryl methyl sites for hydroxylation is 1. The number of aromatic nitrogens is 1. The molecule has 1 saturated heterocycles. The second-order valence-electron chi connectivity index (χ2n) is 9.40. The van der Waals surface area contributed by atoms with E-state index in [1.54, 1.807) is 38.1 Å². The molecule has 2 aliphatic rings. The SMILES string of the molecule is Cc1nsc(-c2ccc(N3CC(=O)N(C4(C(=O)O)CC4)CC3=O)cc2)c1NC(=O)OC(C)c1ccccc1. The summed E-state index contributed by atoms with van der Waals surface area (Å²) in [4.78, 5) is 53.1. The van der Waals surface area contributed by atoms with Gasteiger partial charge in [-0.05, 0) is 61.5 Å². The molecule has 3 amide bonds. The number of nitrogens with zero attached hydrogens (tertiary/aromatic N) is 3. The van der Waals surface area contributed by atoms with Gasteiger partial charge in [0.25, 0.3) is 0 Å². The second kappa shape index (κ2) is 9.90. The Morgan fingerprint density at radius 1 is 1.05 bits per heavy atom. The quantitative estimate of drug-likeness (QED) is 0.464. The Balaban J connectivity index is 1.28. The van der Waals surface area contributed by atoms with Crippen LogP contribution in [0.1, 0.15) is 37.1 Å². The Kier molecular flexibility index (Phi) is 6.62. The Labute approximate surface area is 223 Å². The average molecular weight is 535 g/mol. The number of benzene rings is 2. The van der Waals surface area contributed by atoms with E-state index in [1.807, 2.05) is 30.3 Å². The van der Waals surface area contributed by atoms with Crippen LogP contribution in [0.15, 0.2) is 54.6 Å². The summed E-state index contributed by atoms with van der Waals surface area (Å²) in [5.74, 6) is -1.79. The van der Waals surface area contributed by atoms with E-state index in [-0.39, 0.29) is 24.9 Å².